The van der Waals surface area contributed by atoms with E-state index < -0.39 is 0 Å². The summed E-state index contributed by atoms with van der Waals surface area (Å²) in [5.41, 5.74) is 28.9. The Kier molecular flexibility index (Phi) is 22.1. The molecule has 11 aromatic carbocycles. The zero-order valence-corrected chi connectivity index (χ0v) is 58.4. The van der Waals surface area contributed by atoms with E-state index in [2.05, 4.69) is 382 Å². The molecule has 0 bridgehead atoms. The molecule has 2 atom stereocenters. The molecule has 0 saturated carbocycles. The summed E-state index contributed by atoms with van der Waals surface area (Å²) in [5.74, 6) is 0. The maximum Gasteiger partial charge on any atom is 0.0520 e. The number of aryl methyl sites for hydroxylation is 6. The number of nitrogens with zero attached hydrogens (tertiary/aromatic N) is 2. The van der Waals surface area contributed by atoms with Crippen molar-refractivity contribution in [2.75, 3.05) is 9.80 Å². The maximum atomic E-state index is 2.54. The van der Waals surface area contributed by atoms with E-state index in [1.807, 2.05) is 0 Å². The predicted octanol–water partition coefficient (Wildman–Crippen LogP) is 26.8. The average molecular weight is 1250 g/mol. The molecule has 2 unspecified atom stereocenters. The third-order valence-corrected chi connectivity index (χ3v) is 19.4. The van der Waals surface area contributed by atoms with Crippen molar-refractivity contribution in [3.8, 4) is 0 Å². The Balaban J connectivity index is 0.833. The summed E-state index contributed by atoms with van der Waals surface area (Å²) in [7, 11) is 0. The average Bonchev–Trinajstić information content (AvgIpc) is 0.789. The first-order chi connectivity index (χ1) is 46.7. The van der Waals surface area contributed by atoms with E-state index in [1.165, 1.54) is 126 Å². The summed E-state index contributed by atoms with van der Waals surface area (Å²) in [6, 6.07) is 98.5. The van der Waals surface area contributed by atoms with Crippen LogP contribution in [0, 0.1) is 41.5 Å². The van der Waals surface area contributed by atoms with Crippen molar-refractivity contribution >= 4 is 69.6 Å². The highest BCUT2D eigenvalue weighted by Crippen LogP contribution is 2.45. The van der Waals surface area contributed by atoms with Crippen LogP contribution in [0.1, 0.15) is 168 Å². The minimum absolute atomic E-state index is 0.167. The molecule has 0 radical (unpaired) electrons. The Labute approximate surface area is 575 Å². The lowest BCUT2D eigenvalue weighted by Crippen LogP contribution is -2.20. The van der Waals surface area contributed by atoms with Crippen LogP contribution in [0.4, 0.5) is 34.1 Å². The lowest BCUT2D eigenvalue weighted by molar-refractivity contribution is 0.494. The van der Waals surface area contributed by atoms with E-state index in [4.69, 9.17) is 0 Å². The van der Waals surface area contributed by atoms with Crippen LogP contribution in [0.15, 0.2) is 279 Å². The highest BCUT2D eigenvalue weighted by Gasteiger charge is 2.28. The van der Waals surface area contributed by atoms with Gasteiger partial charge in [0.2, 0.25) is 0 Å². The van der Waals surface area contributed by atoms with Crippen molar-refractivity contribution in [1.82, 2.24) is 0 Å². The van der Waals surface area contributed by atoms with Gasteiger partial charge in [-0.15, -0.1) is 0 Å². The van der Waals surface area contributed by atoms with Gasteiger partial charge in [-0.05, 0) is 198 Å². The van der Waals surface area contributed by atoms with Crippen LogP contribution in [0.25, 0.3) is 35.5 Å². The van der Waals surface area contributed by atoms with Gasteiger partial charge in [0.25, 0.3) is 0 Å². The Morgan fingerprint density at radius 1 is 0.323 bits per heavy atom. The van der Waals surface area contributed by atoms with Gasteiger partial charge < -0.3 is 9.80 Å². The summed E-state index contributed by atoms with van der Waals surface area (Å²) >= 11 is 0. The molecule has 0 amide bonds. The van der Waals surface area contributed by atoms with E-state index >= 15 is 0 Å². The number of hydrogen-bond donors (Lipinski definition) is 0. The van der Waals surface area contributed by atoms with Gasteiger partial charge in [-0.3, -0.25) is 0 Å². The van der Waals surface area contributed by atoms with Crippen LogP contribution in [-0.4, -0.2) is 0 Å². The minimum Gasteiger partial charge on any atom is -0.310 e. The number of benzene rings is 11. The van der Waals surface area contributed by atoms with Gasteiger partial charge >= 0.3 is 0 Å². The first kappa shape index (κ1) is 67.4. The standard InChI is InChI=1S/C94H96N2/c1-11-13-15-28-61-93(9,83-47-55-87(56-48-83)96(92-73(7)65-70(4)66-74(92)8)86-53-45-78(46-54-86)67-89(79-29-20-16-21-30-79)80-31-22-17-23-32-80)62-59-77-41-39-75(40-42-77)37-38-76-43-51-85(52-44-76)95(91-71(5)63-69(3)64-72(91)6)88-57-49-84(50-58-88)94(10,60-14-12-2)68-90(81-33-24-18-25-34-81)82-35-26-19-27-36-82/h16-27,29-59,62-68H,11-15,28,60-61H2,1-10H3. The lowest BCUT2D eigenvalue weighted by atomic mass is 9.75. The quantitative estimate of drug-likeness (QED) is 0.0394. The SMILES string of the molecule is CCCCCCC(C)(C=Cc1ccc(C=Cc2ccc(N(c3ccc(C(C)(C=C(c4ccccc4)c4ccccc4)CCCC)cc3)c3c(C)cc(C)cc3C)cc2)cc1)c1ccc(N(c2ccc(C=C(c3ccccc3)c3ccccc3)cc2)c2c(C)cc(C)cc2C)cc1. The first-order valence-electron chi connectivity index (χ1n) is 35.0. The Bertz CT molecular complexity index is 4310. The molecule has 0 N–H and O–H groups in total. The number of unbranched alkanes of at least 4 members (excludes halogenated alkanes) is 4. The van der Waals surface area contributed by atoms with Gasteiger partial charge in [0.15, 0.2) is 0 Å². The molecule has 2 heteroatoms. The fourth-order valence-electron chi connectivity index (χ4n) is 14.2. The second kappa shape index (κ2) is 31.5. The van der Waals surface area contributed by atoms with E-state index in [0.717, 1.165) is 59.6 Å². The summed E-state index contributed by atoms with van der Waals surface area (Å²) < 4.78 is 0. The molecular weight excluding hydrogens is 1160 g/mol. The fraction of sp³-hybridized carbons (Fsp3) is 0.213. The highest BCUT2D eigenvalue weighted by molar-refractivity contribution is 5.92. The van der Waals surface area contributed by atoms with Crippen molar-refractivity contribution in [3.63, 3.8) is 0 Å². The van der Waals surface area contributed by atoms with Gasteiger partial charge in [0.05, 0.1) is 11.4 Å². The summed E-state index contributed by atoms with van der Waals surface area (Å²) in [6.45, 7) is 22.8. The molecule has 0 aliphatic heterocycles. The summed E-state index contributed by atoms with van der Waals surface area (Å²) in [4.78, 5) is 4.91. The van der Waals surface area contributed by atoms with Crippen LogP contribution in [-0.2, 0) is 10.8 Å². The molecule has 0 fully saturated rings. The van der Waals surface area contributed by atoms with Gasteiger partial charge in [0, 0.05) is 33.6 Å². The largest absolute Gasteiger partial charge is 0.310 e. The van der Waals surface area contributed by atoms with Crippen LogP contribution in [0.2, 0.25) is 0 Å². The van der Waals surface area contributed by atoms with Gasteiger partial charge in [-0.25, -0.2) is 0 Å². The summed E-state index contributed by atoms with van der Waals surface area (Å²) in [5, 5.41) is 0. The van der Waals surface area contributed by atoms with Crippen LogP contribution >= 0.6 is 0 Å². The third-order valence-electron chi connectivity index (χ3n) is 19.4. The number of anilines is 6. The second-order valence-corrected chi connectivity index (χ2v) is 27.1. The van der Waals surface area contributed by atoms with Crippen LogP contribution in [0.3, 0.4) is 0 Å². The van der Waals surface area contributed by atoms with Crippen molar-refractivity contribution in [2.24, 2.45) is 0 Å². The molecule has 0 aliphatic carbocycles. The molecule has 0 heterocycles. The smallest absolute Gasteiger partial charge is 0.0520 e. The molecule has 0 saturated heterocycles. The molecular formula is C94H96N2. The van der Waals surface area contributed by atoms with Gasteiger partial charge in [0.1, 0.15) is 0 Å². The van der Waals surface area contributed by atoms with Crippen LogP contribution < -0.4 is 9.80 Å². The van der Waals surface area contributed by atoms with Crippen molar-refractivity contribution in [2.45, 2.75) is 131 Å². The van der Waals surface area contributed by atoms with E-state index in [1.54, 1.807) is 0 Å². The zero-order valence-electron chi connectivity index (χ0n) is 58.4. The molecule has 11 rings (SSSR count). The Hall–Kier alpha value is -10.0. The highest BCUT2D eigenvalue weighted by atomic mass is 15.2. The molecule has 0 aliphatic rings. The Morgan fingerprint density at radius 3 is 1.03 bits per heavy atom. The number of hydrogen-bond acceptors (Lipinski definition) is 2. The third kappa shape index (κ3) is 16.4. The van der Waals surface area contributed by atoms with E-state index in [0.29, 0.717) is 0 Å². The number of allylic oxidation sites excluding steroid dienone is 2. The van der Waals surface area contributed by atoms with Crippen molar-refractivity contribution in [1.29, 1.82) is 0 Å². The van der Waals surface area contributed by atoms with Gasteiger partial charge in [-0.1, -0.05) is 326 Å². The molecule has 2 nitrogen and oxygen atoms in total. The van der Waals surface area contributed by atoms with Crippen molar-refractivity contribution < 1.29 is 0 Å². The normalized spacial score (nSPS) is 12.7. The predicted molar refractivity (Wildman–Crippen MR) is 418 cm³/mol. The molecule has 11 aromatic rings. The van der Waals surface area contributed by atoms with Gasteiger partial charge in [-0.2, -0.15) is 0 Å². The Morgan fingerprint density at radius 2 is 0.646 bits per heavy atom. The summed E-state index contributed by atoms with van der Waals surface area (Å²) in [6.07, 6.45) is 23.4. The molecule has 96 heavy (non-hydrogen) atoms. The molecule has 482 valence electrons. The first-order valence-corrected chi connectivity index (χ1v) is 35.0. The van der Waals surface area contributed by atoms with E-state index in [-0.39, 0.29) is 10.8 Å². The van der Waals surface area contributed by atoms with Crippen LogP contribution in [0.5, 0.6) is 0 Å². The monoisotopic (exact) mass is 1250 g/mol. The minimum atomic E-state index is -0.191. The maximum absolute atomic E-state index is 2.54. The lowest BCUT2D eigenvalue weighted by Gasteiger charge is -2.32. The van der Waals surface area contributed by atoms with Crippen molar-refractivity contribution in [3.05, 3.63) is 368 Å². The van der Waals surface area contributed by atoms with E-state index in [9.17, 15) is 0 Å². The second-order valence-electron chi connectivity index (χ2n) is 27.1. The zero-order chi connectivity index (χ0) is 67.0. The topological polar surface area (TPSA) is 6.48 Å². The number of rotatable bonds is 26. The fourth-order valence-corrected chi connectivity index (χ4v) is 14.2. The molecule has 0 aromatic heterocycles. The molecule has 0 spiro atoms.